The lowest BCUT2D eigenvalue weighted by Crippen LogP contribution is -2.47. The second-order valence-electron chi connectivity index (χ2n) is 7.29. The highest BCUT2D eigenvalue weighted by Gasteiger charge is 2.33. The summed E-state index contributed by atoms with van der Waals surface area (Å²) in [5, 5.41) is 0. The van der Waals surface area contributed by atoms with Crippen molar-refractivity contribution in [1.82, 2.24) is 9.71 Å². The van der Waals surface area contributed by atoms with Crippen molar-refractivity contribution in [3.05, 3.63) is 54.1 Å². The van der Waals surface area contributed by atoms with Gasteiger partial charge in [-0.25, -0.2) is 13.1 Å². The van der Waals surface area contributed by atoms with Crippen molar-refractivity contribution in [2.75, 3.05) is 0 Å². The van der Waals surface area contributed by atoms with Crippen molar-refractivity contribution < 1.29 is 31.1 Å². The molecule has 2 atom stereocenters. The highest BCUT2D eigenvalue weighted by molar-refractivity contribution is 7.93. The van der Waals surface area contributed by atoms with Gasteiger partial charge in [0.1, 0.15) is 17.6 Å². The molecule has 6 nitrogen and oxygen atoms in total. The number of nitrogens with zero attached hydrogens (tertiary/aromatic N) is 1. The van der Waals surface area contributed by atoms with Gasteiger partial charge in [-0.1, -0.05) is 25.1 Å². The van der Waals surface area contributed by atoms with Crippen LogP contribution in [0.1, 0.15) is 32.6 Å². The maximum atomic E-state index is 12.6. The number of halogens is 3. The van der Waals surface area contributed by atoms with E-state index >= 15 is 0 Å². The smallest absolute Gasteiger partial charge is 0.487 e. The van der Waals surface area contributed by atoms with E-state index in [0.29, 0.717) is 18.6 Å². The lowest BCUT2D eigenvalue weighted by Gasteiger charge is -2.32. The van der Waals surface area contributed by atoms with Crippen molar-refractivity contribution >= 4 is 10.0 Å². The number of benzene rings is 1. The second kappa shape index (κ2) is 9.27. The predicted octanol–water partition coefficient (Wildman–Crippen LogP) is 4.79. The van der Waals surface area contributed by atoms with Crippen molar-refractivity contribution in [2.24, 2.45) is 0 Å². The van der Waals surface area contributed by atoms with Crippen LogP contribution in [0.3, 0.4) is 0 Å². The molecule has 0 unspecified atom stereocenters. The van der Waals surface area contributed by atoms with Crippen LogP contribution >= 0.6 is 0 Å². The molecular weight excluding hydrogens is 433 g/mol. The summed E-state index contributed by atoms with van der Waals surface area (Å²) in [6.07, 6.45) is -0.750. The van der Waals surface area contributed by atoms with E-state index in [1.807, 2.05) is 0 Å². The maximum Gasteiger partial charge on any atom is 0.573 e. The highest BCUT2D eigenvalue weighted by atomic mass is 32.2. The third kappa shape index (κ3) is 6.20. The second-order valence-corrected chi connectivity index (χ2v) is 9.23. The fourth-order valence-corrected chi connectivity index (χ4v) is 4.22. The molecule has 1 N–H and O–H groups in total. The molecule has 168 valence electrons. The zero-order valence-electron chi connectivity index (χ0n) is 16.9. The average Bonchev–Trinajstić information content (AvgIpc) is 2.69. The molecule has 10 heteroatoms. The third-order valence-corrected chi connectivity index (χ3v) is 6.41. The van der Waals surface area contributed by atoms with Crippen LogP contribution in [0.15, 0.2) is 54.1 Å². The quantitative estimate of drug-likeness (QED) is 0.648. The van der Waals surface area contributed by atoms with Gasteiger partial charge >= 0.3 is 6.36 Å². The molecule has 31 heavy (non-hydrogen) atoms. The molecule has 0 amide bonds. The maximum absolute atomic E-state index is 12.6. The van der Waals surface area contributed by atoms with E-state index in [1.54, 1.807) is 12.1 Å². The molecule has 0 saturated heterocycles. The van der Waals surface area contributed by atoms with Gasteiger partial charge in [-0.05, 0) is 50.5 Å². The van der Waals surface area contributed by atoms with Gasteiger partial charge in [-0.3, -0.25) is 4.98 Å². The van der Waals surface area contributed by atoms with Gasteiger partial charge < -0.3 is 9.47 Å². The normalized spacial score (nSPS) is 19.6. The molecule has 3 rings (SSSR count). The van der Waals surface area contributed by atoms with Crippen LogP contribution in [-0.2, 0) is 10.0 Å². The van der Waals surface area contributed by atoms with E-state index in [-0.39, 0.29) is 21.9 Å². The minimum atomic E-state index is -4.81. The zero-order chi connectivity index (χ0) is 22.6. The van der Waals surface area contributed by atoms with Crippen LogP contribution < -0.4 is 14.2 Å². The lowest BCUT2D eigenvalue weighted by atomic mass is 9.93. The summed E-state index contributed by atoms with van der Waals surface area (Å²) < 4.78 is 74.9. The van der Waals surface area contributed by atoms with Crippen LogP contribution in [0.5, 0.6) is 11.5 Å². The SMILES string of the molecule is C=C(C)S(=O)(=O)N[C@H]1CCCC[C@H]1Oc1ccc(-c2ccccc2OC(F)(F)F)nc1. The Kier molecular flexibility index (Phi) is 6.90. The van der Waals surface area contributed by atoms with E-state index in [4.69, 9.17) is 4.74 Å². The van der Waals surface area contributed by atoms with Crippen molar-refractivity contribution in [2.45, 2.75) is 51.1 Å². The van der Waals surface area contributed by atoms with Gasteiger partial charge in [0.25, 0.3) is 0 Å². The van der Waals surface area contributed by atoms with Crippen molar-refractivity contribution in [3.8, 4) is 22.8 Å². The van der Waals surface area contributed by atoms with Crippen LogP contribution in [0, 0.1) is 0 Å². The lowest BCUT2D eigenvalue weighted by molar-refractivity contribution is -0.274. The summed E-state index contributed by atoms with van der Waals surface area (Å²) in [6.45, 7) is 4.91. The van der Waals surface area contributed by atoms with Crippen molar-refractivity contribution in [3.63, 3.8) is 0 Å². The number of ether oxygens (including phenoxy) is 2. The Morgan fingerprint density at radius 3 is 2.52 bits per heavy atom. The van der Waals surface area contributed by atoms with Gasteiger partial charge in [-0.2, -0.15) is 0 Å². The molecule has 1 aliphatic carbocycles. The summed E-state index contributed by atoms with van der Waals surface area (Å²) in [6, 6.07) is 8.44. The monoisotopic (exact) mass is 456 g/mol. The predicted molar refractivity (Wildman–Crippen MR) is 110 cm³/mol. The Balaban J connectivity index is 1.75. The Hall–Kier alpha value is -2.59. The number of nitrogens with one attached hydrogen (secondary N) is 1. The minimum Gasteiger partial charge on any atom is -0.487 e. The van der Waals surface area contributed by atoms with Gasteiger partial charge in [0, 0.05) is 10.5 Å². The largest absolute Gasteiger partial charge is 0.573 e. The molecule has 1 aromatic carbocycles. The molecule has 1 saturated carbocycles. The van der Waals surface area contributed by atoms with E-state index in [2.05, 4.69) is 21.0 Å². The van der Waals surface area contributed by atoms with Crippen molar-refractivity contribution in [1.29, 1.82) is 0 Å². The Morgan fingerprint density at radius 2 is 1.87 bits per heavy atom. The number of rotatable bonds is 7. The first-order valence-electron chi connectivity index (χ1n) is 9.71. The van der Waals surface area contributed by atoms with Gasteiger partial charge in [0.15, 0.2) is 0 Å². The third-order valence-electron chi connectivity index (χ3n) is 4.88. The Morgan fingerprint density at radius 1 is 1.16 bits per heavy atom. The first-order chi connectivity index (χ1) is 14.5. The molecule has 1 aromatic heterocycles. The van der Waals surface area contributed by atoms with Gasteiger partial charge in [-0.15, -0.1) is 13.2 Å². The number of pyridine rings is 1. The number of hydrogen-bond donors (Lipinski definition) is 1. The van der Waals surface area contributed by atoms with Crippen LogP contribution in [0.2, 0.25) is 0 Å². The molecule has 0 radical (unpaired) electrons. The fraction of sp³-hybridized carbons (Fsp3) is 0.381. The number of para-hydroxylation sites is 1. The van der Waals surface area contributed by atoms with Crippen LogP contribution in [0.4, 0.5) is 13.2 Å². The summed E-state index contributed by atoms with van der Waals surface area (Å²) in [7, 11) is -3.63. The molecule has 0 bridgehead atoms. The molecule has 0 spiro atoms. The molecule has 2 aromatic rings. The van der Waals surface area contributed by atoms with Crippen LogP contribution in [-0.4, -0.2) is 31.9 Å². The molecule has 1 heterocycles. The Labute approximate surface area is 179 Å². The highest BCUT2D eigenvalue weighted by Crippen LogP contribution is 2.33. The average molecular weight is 456 g/mol. The van der Waals surface area contributed by atoms with Gasteiger partial charge in [0.05, 0.1) is 17.9 Å². The number of hydrogen-bond acceptors (Lipinski definition) is 5. The number of alkyl halides is 3. The Bertz CT molecular complexity index is 1020. The van der Waals surface area contributed by atoms with E-state index in [1.165, 1.54) is 37.4 Å². The van der Waals surface area contributed by atoms with E-state index in [9.17, 15) is 21.6 Å². The van der Waals surface area contributed by atoms with Crippen LogP contribution in [0.25, 0.3) is 11.3 Å². The number of allylic oxidation sites excluding steroid dienone is 1. The topological polar surface area (TPSA) is 77.5 Å². The zero-order valence-corrected chi connectivity index (χ0v) is 17.7. The standard InChI is InChI=1S/C21H23F3N2O4S/c1-14(2)31(27,28)26-18-8-4-6-10-20(18)29-15-11-12-17(25-13-15)16-7-3-5-9-19(16)30-21(22,23)24/h3,5,7,9,11-13,18,20,26H,1,4,6,8,10H2,2H3/t18-,20+/m0/s1. The summed E-state index contributed by atoms with van der Waals surface area (Å²) in [5.41, 5.74) is 0.478. The minimum absolute atomic E-state index is 0.0302. The fourth-order valence-electron chi connectivity index (χ4n) is 3.35. The molecule has 1 fully saturated rings. The molecular formula is C21H23F3N2O4S. The summed E-state index contributed by atoms with van der Waals surface area (Å²) in [4.78, 5) is 4.24. The molecule has 0 aliphatic heterocycles. The molecule has 1 aliphatic rings. The summed E-state index contributed by atoms with van der Waals surface area (Å²) in [5.74, 6) is 0.0436. The number of aromatic nitrogens is 1. The number of sulfonamides is 1. The van der Waals surface area contributed by atoms with Gasteiger partial charge in [0.2, 0.25) is 10.0 Å². The first kappa shape index (κ1) is 23.1. The van der Waals surface area contributed by atoms with E-state index < -0.39 is 28.5 Å². The summed E-state index contributed by atoms with van der Waals surface area (Å²) >= 11 is 0. The van der Waals surface area contributed by atoms with E-state index in [0.717, 1.165) is 12.8 Å². The first-order valence-corrected chi connectivity index (χ1v) is 11.2.